The van der Waals surface area contributed by atoms with E-state index in [1.165, 1.54) is 13.0 Å². The molecule has 6 nitrogen and oxygen atoms in total. The van der Waals surface area contributed by atoms with Crippen molar-refractivity contribution in [3.8, 4) is 0 Å². The minimum Gasteiger partial charge on any atom is -0.369 e. The number of benzene rings is 1. The zero-order valence-corrected chi connectivity index (χ0v) is 19.8. The lowest BCUT2D eigenvalue weighted by Crippen LogP contribution is -2.39. The van der Waals surface area contributed by atoms with Gasteiger partial charge in [-0.2, -0.15) is 18.3 Å². The van der Waals surface area contributed by atoms with Gasteiger partial charge in [-0.1, -0.05) is 32.0 Å². The Morgan fingerprint density at radius 2 is 1.91 bits per heavy atom. The summed E-state index contributed by atoms with van der Waals surface area (Å²) in [6.07, 6.45) is -2.61. The smallest absolute Gasteiger partial charge is 0.369 e. The minimum absolute atomic E-state index is 0.157. The molecule has 2 aliphatic heterocycles. The Kier molecular flexibility index (Phi) is 8.18. The zero-order valence-electron chi connectivity index (χ0n) is 19.8. The van der Waals surface area contributed by atoms with E-state index in [9.17, 15) is 18.0 Å². The number of alkyl halides is 3. The van der Waals surface area contributed by atoms with Crippen LogP contribution in [0.3, 0.4) is 0 Å². The summed E-state index contributed by atoms with van der Waals surface area (Å²) in [4.78, 5) is 17.0. The second kappa shape index (κ2) is 10.7. The van der Waals surface area contributed by atoms with Gasteiger partial charge in [-0.05, 0) is 36.8 Å². The summed E-state index contributed by atoms with van der Waals surface area (Å²) in [5, 5.41) is 7.25. The van der Waals surface area contributed by atoms with Crippen molar-refractivity contribution in [2.24, 2.45) is 0 Å². The number of halogens is 3. The highest BCUT2D eigenvalue weighted by Gasteiger charge is 2.38. The summed E-state index contributed by atoms with van der Waals surface area (Å²) in [6, 6.07) is 4.75. The first kappa shape index (κ1) is 25.2. The Bertz CT molecular complexity index is 950. The molecular weight excluding hydrogens is 433 g/mol. The van der Waals surface area contributed by atoms with Crippen LogP contribution >= 0.6 is 0 Å². The number of carbonyl (C=O) groups is 1. The molecule has 1 aromatic heterocycles. The maximum Gasteiger partial charge on any atom is 0.416 e. The molecule has 1 saturated heterocycles. The molecule has 0 atom stereocenters. The van der Waals surface area contributed by atoms with E-state index >= 15 is 0 Å². The molecule has 0 bridgehead atoms. The first-order valence-corrected chi connectivity index (χ1v) is 11.5. The highest BCUT2D eigenvalue weighted by molar-refractivity contribution is 5.94. The summed E-state index contributed by atoms with van der Waals surface area (Å²) in [7, 11) is 1.64. The van der Waals surface area contributed by atoms with Gasteiger partial charge in [0.2, 0.25) is 0 Å². The number of fused-ring (bicyclic) bond motifs is 1. The highest BCUT2D eigenvalue weighted by Crippen LogP contribution is 2.40. The first-order valence-electron chi connectivity index (χ1n) is 11.5. The lowest BCUT2D eigenvalue weighted by Gasteiger charge is -2.33. The van der Waals surface area contributed by atoms with E-state index in [4.69, 9.17) is 4.74 Å². The number of rotatable bonds is 4. The van der Waals surface area contributed by atoms with Crippen LogP contribution < -0.4 is 0 Å². The molecule has 33 heavy (non-hydrogen) atoms. The Balaban J connectivity index is 0.00000149. The molecule has 1 amide bonds. The van der Waals surface area contributed by atoms with Gasteiger partial charge in [0.15, 0.2) is 5.69 Å². The average Bonchev–Trinajstić information content (AvgIpc) is 3.22. The van der Waals surface area contributed by atoms with E-state index in [0.29, 0.717) is 50.5 Å². The van der Waals surface area contributed by atoms with Crippen molar-refractivity contribution >= 4 is 5.91 Å². The van der Waals surface area contributed by atoms with Crippen LogP contribution in [-0.2, 0) is 23.9 Å². The van der Waals surface area contributed by atoms with Crippen molar-refractivity contribution in [1.29, 1.82) is 0 Å². The zero-order chi connectivity index (χ0) is 24.2. The number of carbonyl (C=O) groups excluding carboxylic acids is 1. The molecule has 2 aliphatic rings. The van der Waals surface area contributed by atoms with E-state index in [-0.39, 0.29) is 17.4 Å². The number of amides is 1. The quantitative estimate of drug-likeness (QED) is 0.707. The van der Waals surface area contributed by atoms with Crippen LogP contribution in [0.1, 0.15) is 71.0 Å². The summed E-state index contributed by atoms with van der Waals surface area (Å²) in [5.41, 5.74) is 2.34. The molecule has 0 aliphatic carbocycles. The van der Waals surface area contributed by atoms with E-state index in [1.807, 2.05) is 13.8 Å². The second-order valence-corrected chi connectivity index (χ2v) is 8.35. The van der Waals surface area contributed by atoms with Gasteiger partial charge >= 0.3 is 6.18 Å². The number of nitrogens with zero attached hydrogens (tertiary/aromatic N) is 3. The molecule has 0 unspecified atom stereocenters. The third-order valence-corrected chi connectivity index (χ3v) is 6.34. The standard InChI is InChI=1S/C22H27F3N4O2.C2H6/c1-14-4-3-5-16(19(14)22(23,24)25)15-6-10-29(11-7-15)21(30)20-17-12-28(13-31-2)9-8-18(17)26-27-20;1-2/h3-5,15H,6-13H2,1-2H3,(H,26,27);1-2H3. The maximum absolute atomic E-state index is 13.6. The number of aromatic nitrogens is 2. The van der Waals surface area contributed by atoms with Crippen LogP contribution in [0.2, 0.25) is 0 Å². The molecular formula is C24H33F3N4O2. The number of nitrogens with one attached hydrogen (secondary N) is 1. The number of piperidine rings is 1. The molecule has 4 rings (SSSR count). The van der Waals surface area contributed by atoms with Gasteiger partial charge in [-0.15, -0.1) is 0 Å². The molecule has 0 spiro atoms. The fourth-order valence-electron chi connectivity index (χ4n) is 4.78. The van der Waals surface area contributed by atoms with Crippen molar-refractivity contribution in [3.63, 3.8) is 0 Å². The number of likely N-dealkylation sites (tertiary alicyclic amines) is 1. The second-order valence-electron chi connectivity index (χ2n) is 8.35. The van der Waals surface area contributed by atoms with Gasteiger partial charge in [0, 0.05) is 51.0 Å². The summed E-state index contributed by atoms with van der Waals surface area (Å²) >= 11 is 0. The van der Waals surface area contributed by atoms with Crippen LogP contribution in [0.25, 0.3) is 0 Å². The van der Waals surface area contributed by atoms with Crippen molar-refractivity contribution in [3.05, 3.63) is 51.8 Å². The van der Waals surface area contributed by atoms with Crippen LogP contribution in [0.5, 0.6) is 0 Å². The largest absolute Gasteiger partial charge is 0.416 e. The SMILES string of the molecule is CC.COCN1CCc2[nH]nc(C(=O)N3CCC(c4cccc(C)c4C(F)(F)F)CC3)c2C1. The van der Waals surface area contributed by atoms with Crippen molar-refractivity contribution in [1.82, 2.24) is 20.0 Å². The van der Waals surface area contributed by atoms with Gasteiger partial charge in [-0.3, -0.25) is 14.8 Å². The normalized spacial score (nSPS) is 17.4. The van der Waals surface area contributed by atoms with Gasteiger partial charge in [0.25, 0.3) is 5.91 Å². The van der Waals surface area contributed by atoms with Crippen molar-refractivity contribution in [2.75, 3.05) is 33.5 Å². The lowest BCUT2D eigenvalue weighted by atomic mass is 9.84. The Morgan fingerprint density at radius 1 is 1.21 bits per heavy atom. The van der Waals surface area contributed by atoms with Crippen molar-refractivity contribution < 1.29 is 22.7 Å². The highest BCUT2D eigenvalue weighted by atomic mass is 19.4. The van der Waals surface area contributed by atoms with Crippen LogP contribution in [-0.4, -0.2) is 59.4 Å². The number of aryl methyl sites for hydroxylation is 1. The van der Waals surface area contributed by atoms with E-state index < -0.39 is 11.7 Å². The Hall–Kier alpha value is -2.39. The molecule has 1 fully saturated rings. The third-order valence-electron chi connectivity index (χ3n) is 6.34. The minimum atomic E-state index is -4.38. The van der Waals surface area contributed by atoms with Crippen molar-refractivity contribution in [2.45, 2.75) is 58.7 Å². The number of ether oxygens (including phenoxy) is 1. The van der Waals surface area contributed by atoms with E-state index in [1.54, 1.807) is 24.1 Å². The summed E-state index contributed by atoms with van der Waals surface area (Å²) < 4.78 is 46.0. The fraction of sp³-hybridized carbons (Fsp3) is 0.583. The van der Waals surface area contributed by atoms with Crippen LogP contribution in [0, 0.1) is 6.92 Å². The molecule has 2 aromatic rings. The van der Waals surface area contributed by atoms with E-state index in [0.717, 1.165) is 24.2 Å². The van der Waals surface area contributed by atoms with Gasteiger partial charge in [-0.25, -0.2) is 0 Å². The molecule has 0 saturated carbocycles. The number of methoxy groups -OCH3 is 1. The number of hydrogen-bond donors (Lipinski definition) is 1. The summed E-state index contributed by atoms with van der Waals surface area (Å²) in [5.74, 6) is -0.374. The molecule has 9 heteroatoms. The molecule has 3 heterocycles. The van der Waals surface area contributed by atoms with Gasteiger partial charge in [0.1, 0.15) is 0 Å². The Labute approximate surface area is 193 Å². The van der Waals surface area contributed by atoms with Crippen LogP contribution in [0.4, 0.5) is 13.2 Å². The monoisotopic (exact) mass is 466 g/mol. The average molecular weight is 467 g/mol. The predicted octanol–water partition coefficient (Wildman–Crippen LogP) is 4.74. The molecule has 0 radical (unpaired) electrons. The lowest BCUT2D eigenvalue weighted by molar-refractivity contribution is -0.139. The van der Waals surface area contributed by atoms with Crippen LogP contribution in [0.15, 0.2) is 18.2 Å². The maximum atomic E-state index is 13.6. The molecule has 1 N–H and O–H groups in total. The summed E-state index contributed by atoms with van der Waals surface area (Å²) in [6.45, 7) is 8.24. The topological polar surface area (TPSA) is 61.5 Å². The van der Waals surface area contributed by atoms with Gasteiger partial charge < -0.3 is 9.64 Å². The molecule has 182 valence electrons. The first-order chi connectivity index (χ1) is 15.8. The fourth-order valence-corrected chi connectivity index (χ4v) is 4.78. The number of aromatic amines is 1. The van der Waals surface area contributed by atoms with E-state index in [2.05, 4.69) is 15.1 Å². The molecule has 1 aromatic carbocycles. The number of H-pyrrole nitrogens is 1. The number of hydrogen-bond acceptors (Lipinski definition) is 4. The third kappa shape index (κ3) is 5.41. The Morgan fingerprint density at radius 3 is 2.55 bits per heavy atom. The van der Waals surface area contributed by atoms with Gasteiger partial charge in [0.05, 0.1) is 12.3 Å². The predicted molar refractivity (Wildman–Crippen MR) is 120 cm³/mol.